The largest absolute Gasteiger partial charge is 0.391 e. The fraction of sp³-hybridized carbons (Fsp3) is 1.00. The highest BCUT2D eigenvalue weighted by Crippen LogP contribution is 2.56. The molecule has 1 spiro atoms. The second kappa shape index (κ2) is 10.4. The van der Waals surface area contributed by atoms with Gasteiger partial charge in [0, 0.05) is 31.3 Å². The molecular weight excluding hydrogens is 500 g/mol. The maximum atomic E-state index is 10.9. The molecule has 5 saturated heterocycles. The van der Waals surface area contributed by atoms with E-state index in [0.29, 0.717) is 0 Å². The number of hydrogen-bond acceptors (Lipinski definition) is 8. The summed E-state index contributed by atoms with van der Waals surface area (Å²) >= 11 is 0. The number of aliphatic hydroxyl groups excluding tert-OH is 1. The third-order valence-corrected chi connectivity index (χ3v) is 11.3. The molecule has 5 heterocycles. The van der Waals surface area contributed by atoms with Gasteiger partial charge in [-0.2, -0.15) is 0 Å². The summed E-state index contributed by atoms with van der Waals surface area (Å²) in [5.41, 5.74) is -0.902. The molecule has 39 heavy (non-hydrogen) atoms. The first-order valence-corrected chi connectivity index (χ1v) is 15.5. The maximum Gasteiger partial charge on any atom is 0.192 e. The van der Waals surface area contributed by atoms with E-state index in [9.17, 15) is 10.2 Å². The molecule has 8 nitrogen and oxygen atoms in total. The third kappa shape index (κ3) is 4.93. The minimum absolute atomic E-state index is 0.0570. The minimum atomic E-state index is -1.51. The van der Waals surface area contributed by atoms with Crippen LogP contribution in [0.3, 0.4) is 0 Å². The van der Waals surface area contributed by atoms with Crippen molar-refractivity contribution in [2.24, 2.45) is 29.6 Å². The second-order valence-electron chi connectivity index (χ2n) is 14.4. The van der Waals surface area contributed by atoms with Crippen molar-refractivity contribution < 1.29 is 38.6 Å². The van der Waals surface area contributed by atoms with Crippen LogP contribution in [0.2, 0.25) is 0 Å². The van der Waals surface area contributed by atoms with Crippen LogP contribution in [0.25, 0.3) is 0 Å². The zero-order valence-electron chi connectivity index (χ0n) is 25.6. The molecule has 0 amide bonds. The number of ether oxygens (including phenoxy) is 6. The van der Waals surface area contributed by atoms with Crippen LogP contribution in [0.1, 0.15) is 93.9 Å². The molecule has 0 aliphatic carbocycles. The first kappa shape index (κ1) is 30.1. The number of aliphatic hydroxyl groups is 2. The van der Waals surface area contributed by atoms with Gasteiger partial charge in [-0.05, 0) is 64.7 Å². The van der Waals surface area contributed by atoms with E-state index in [0.717, 1.165) is 38.5 Å². The molecule has 0 aromatic rings. The van der Waals surface area contributed by atoms with E-state index >= 15 is 0 Å². The van der Waals surface area contributed by atoms with Gasteiger partial charge in [-0.15, -0.1) is 0 Å². The smallest absolute Gasteiger partial charge is 0.192 e. The first-order valence-electron chi connectivity index (χ1n) is 15.5. The monoisotopic (exact) mass is 554 g/mol. The van der Waals surface area contributed by atoms with Crippen molar-refractivity contribution in [3.05, 3.63) is 0 Å². The SMILES string of the molecule is COC1C[C@@H](C)O[C@]2(O[C@](C)(C3CC[C@@](C)(C4OC(C5O[C@@](O)(CO)[C@H](C)C[C@@H]5C)C[C@@H]4C)O3)C[C@H]2C)C1C. The zero-order valence-corrected chi connectivity index (χ0v) is 25.6. The Hall–Kier alpha value is -0.320. The highest BCUT2D eigenvalue weighted by molar-refractivity contribution is 5.09. The van der Waals surface area contributed by atoms with Gasteiger partial charge >= 0.3 is 0 Å². The highest BCUT2D eigenvalue weighted by Gasteiger charge is 2.64. The molecule has 0 bridgehead atoms. The Balaban J connectivity index is 1.29. The van der Waals surface area contributed by atoms with Crippen molar-refractivity contribution in [3.63, 3.8) is 0 Å². The summed E-state index contributed by atoms with van der Waals surface area (Å²) in [6, 6.07) is 0. The van der Waals surface area contributed by atoms with E-state index in [1.54, 1.807) is 7.11 Å². The van der Waals surface area contributed by atoms with E-state index in [-0.39, 0.29) is 66.2 Å². The molecule has 0 aromatic carbocycles. The first-order chi connectivity index (χ1) is 18.2. The fourth-order valence-electron chi connectivity index (χ4n) is 9.00. The zero-order chi connectivity index (χ0) is 28.5. The summed E-state index contributed by atoms with van der Waals surface area (Å²) in [5.74, 6) is -1.46. The van der Waals surface area contributed by atoms with Gasteiger partial charge in [-0.25, -0.2) is 0 Å². The lowest BCUT2D eigenvalue weighted by atomic mass is 9.79. The molecule has 2 N–H and O–H groups in total. The van der Waals surface area contributed by atoms with E-state index < -0.39 is 29.4 Å². The summed E-state index contributed by atoms with van der Waals surface area (Å²) in [4.78, 5) is 0. The normalized spacial score (nSPS) is 58.4. The topological polar surface area (TPSA) is 95.8 Å². The van der Waals surface area contributed by atoms with Gasteiger partial charge in [0.25, 0.3) is 0 Å². The van der Waals surface area contributed by atoms with Crippen LogP contribution in [0.4, 0.5) is 0 Å². The van der Waals surface area contributed by atoms with Gasteiger partial charge in [0.1, 0.15) is 0 Å². The molecule has 6 unspecified atom stereocenters. The minimum Gasteiger partial charge on any atom is -0.391 e. The van der Waals surface area contributed by atoms with Crippen molar-refractivity contribution >= 4 is 0 Å². The molecule has 0 radical (unpaired) electrons. The Labute approximate surface area is 235 Å². The lowest BCUT2D eigenvalue weighted by Crippen LogP contribution is -2.57. The molecule has 0 aromatic heterocycles. The predicted octanol–water partition coefficient (Wildman–Crippen LogP) is 4.43. The third-order valence-electron chi connectivity index (χ3n) is 11.3. The molecule has 15 atom stereocenters. The number of hydrogen-bond donors (Lipinski definition) is 2. The van der Waals surface area contributed by atoms with Gasteiger partial charge in [0.2, 0.25) is 0 Å². The Morgan fingerprint density at radius 3 is 2.26 bits per heavy atom. The molecule has 5 aliphatic heterocycles. The van der Waals surface area contributed by atoms with Crippen LogP contribution in [0, 0.1) is 29.6 Å². The summed E-state index contributed by atoms with van der Waals surface area (Å²) in [6.45, 7) is 16.9. The van der Waals surface area contributed by atoms with E-state index in [2.05, 4.69) is 48.5 Å². The molecule has 5 aliphatic rings. The van der Waals surface area contributed by atoms with Crippen LogP contribution in [0.5, 0.6) is 0 Å². The molecule has 8 heteroatoms. The average molecular weight is 555 g/mol. The summed E-state index contributed by atoms with van der Waals surface area (Å²) in [7, 11) is 1.79. The lowest BCUT2D eigenvalue weighted by Gasteiger charge is -2.49. The maximum absolute atomic E-state index is 10.9. The molecule has 0 saturated carbocycles. The van der Waals surface area contributed by atoms with E-state index in [1.165, 1.54) is 0 Å². The Kier molecular flexibility index (Phi) is 8.07. The number of methoxy groups -OCH3 is 1. The average Bonchev–Trinajstić information content (AvgIpc) is 3.54. The Morgan fingerprint density at radius 1 is 0.872 bits per heavy atom. The predicted molar refractivity (Wildman–Crippen MR) is 146 cm³/mol. The van der Waals surface area contributed by atoms with Crippen LogP contribution >= 0.6 is 0 Å². The van der Waals surface area contributed by atoms with Crippen LogP contribution in [-0.4, -0.2) is 83.3 Å². The summed E-state index contributed by atoms with van der Waals surface area (Å²) in [5, 5.41) is 20.7. The van der Waals surface area contributed by atoms with E-state index in [4.69, 9.17) is 28.4 Å². The Morgan fingerprint density at radius 2 is 1.59 bits per heavy atom. The quantitative estimate of drug-likeness (QED) is 0.515. The molecule has 5 fully saturated rings. The highest BCUT2D eigenvalue weighted by atomic mass is 16.7. The van der Waals surface area contributed by atoms with Crippen molar-refractivity contribution in [1.82, 2.24) is 0 Å². The van der Waals surface area contributed by atoms with Gasteiger partial charge in [0.15, 0.2) is 11.6 Å². The van der Waals surface area contributed by atoms with Crippen molar-refractivity contribution in [3.8, 4) is 0 Å². The van der Waals surface area contributed by atoms with Crippen LogP contribution in [-0.2, 0) is 28.4 Å². The molecular formula is C31H54O8. The molecule has 5 rings (SSSR count). The fourth-order valence-corrected chi connectivity index (χ4v) is 9.00. The molecule has 226 valence electrons. The standard InChI is InChI=1S/C31H54O8/c1-17-12-19(3)30(33,16-32)38-26(17)24-13-18(2)27(35-24)28(7)11-10-25(37-28)29(8)15-20(4)31(39-29)22(6)23(34-9)14-21(5)36-31/h17-27,32-33H,10-16H2,1-9H3/t17-,18-,19+,20+,21+,22?,23?,24?,25?,26?,27?,28-,29-,30-,31+/m0/s1. The lowest BCUT2D eigenvalue weighted by molar-refractivity contribution is -0.347. The Bertz CT molecular complexity index is 887. The van der Waals surface area contributed by atoms with Crippen molar-refractivity contribution in [1.29, 1.82) is 0 Å². The van der Waals surface area contributed by atoms with E-state index in [1.807, 2.05) is 6.92 Å². The number of rotatable bonds is 5. The summed E-state index contributed by atoms with van der Waals surface area (Å²) < 4.78 is 39.3. The summed E-state index contributed by atoms with van der Waals surface area (Å²) in [6.07, 6.45) is 4.82. The van der Waals surface area contributed by atoms with Gasteiger partial charge in [-0.1, -0.05) is 34.6 Å². The van der Waals surface area contributed by atoms with Crippen LogP contribution < -0.4 is 0 Å². The second-order valence-corrected chi connectivity index (χ2v) is 14.4. The van der Waals surface area contributed by atoms with Gasteiger partial charge < -0.3 is 38.6 Å². The van der Waals surface area contributed by atoms with Crippen molar-refractivity contribution in [2.75, 3.05) is 13.7 Å². The van der Waals surface area contributed by atoms with Gasteiger partial charge in [-0.3, -0.25) is 0 Å². The van der Waals surface area contributed by atoms with Crippen molar-refractivity contribution in [2.45, 2.75) is 153 Å². The van der Waals surface area contributed by atoms with Crippen LogP contribution in [0.15, 0.2) is 0 Å². The van der Waals surface area contributed by atoms with Gasteiger partial charge in [0.05, 0.1) is 54.4 Å².